The molecule has 2 aromatic carbocycles. The molecule has 0 aliphatic rings. The van der Waals surface area contributed by atoms with Crippen molar-refractivity contribution in [1.82, 2.24) is 0 Å². The number of halogens is 3. The van der Waals surface area contributed by atoms with Gasteiger partial charge in [0.1, 0.15) is 5.75 Å². The molecule has 2 aromatic rings. The van der Waals surface area contributed by atoms with Crippen LogP contribution >= 0.6 is 0 Å². The maximum atomic E-state index is 12.6. The van der Waals surface area contributed by atoms with E-state index in [4.69, 9.17) is 10.00 Å². The molecule has 0 bridgehead atoms. The fraction of sp³-hybridized carbons (Fsp3) is 0.0714. The zero-order valence-corrected chi connectivity index (χ0v) is 10.8. The summed E-state index contributed by atoms with van der Waals surface area (Å²) in [4.78, 5) is 9.96. The summed E-state index contributed by atoms with van der Waals surface area (Å²) in [5.41, 5.74) is -1.57. The van der Waals surface area contributed by atoms with E-state index < -0.39 is 22.4 Å². The molecular formula is C14H7F3N2O3. The minimum Gasteiger partial charge on any atom is -0.450 e. The lowest BCUT2D eigenvalue weighted by atomic mass is 10.2. The monoisotopic (exact) mass is 308 g/mol. The first kappa shape index (κ1) is 15.3. The Morgan fingerprint density at radius 1 is 1.14 bits per heavy atom. The topological polar surface area (TPSA) is 76.2 Å². The minimum absolute atomic E-state index is 0.168. The van der Waals surface area contributed by atoms with Crippen LogP contribution < -0.4 is 4.74 Å². The molecular weight excluding hydrogens is 301 g/mol. The van der Waals surface area contributed by atoms with Crippen molar-refractivity contribution in [3.8, 4) is 17.6 Å². The lowest BCUT2D eigenvalue weighted by Gasteiger charge is -2.10. The lowest BCUT2D eigenvalue weighted by molar-refractivity contribution is -0.385. The van der Waals surface area contributed by atoms with Crippen LogP contribution in [-0.4, -0.2) is 4.92 Å². The molecule has 0 saturated carbocycles. The number of alkyl halides is 3. The summed E-state index contributed by atoms with van der Waals surface area (Å²) in [7, 11) is 0. The summed E-state index contributed by atoms with van der Waals surface area (Å²) in [6.45, 7) is 0. The molecule has 0 aliphatic carbocycles. The second-order valence-corrected chi connectivity index (χ2v) is 4.18. The van der Waals surface area contributed by atoms with Gasteiger partial charge in [0.25, 0.3) is 0 Å². The maximum absolute atomic E-state index is 12.6. The third-order valence-corrected chi connectivity index (χ3v) is 2.69. The van der Waals surface area contributed by atoms with Crippen LogP contribution in [0.2, 0.25) is 0 Å². The van der Waals surface area contributed by atoms with Crippen molar-refractivity contribution in [1.29, 1.82) is 5.26 Å². The van der Waals surface area contributed by atoms with Crippen LogP contribution in [0.25, 0.3) is 0 Å². The van der Waals surface area contributed by atoms with Crippen LogP contribution in [0.3, 0.4) is 0 Å². The van der Waals surface area contributed by atoms with E-state index in [1.807, 2.05) is 6.07 Å². The van der Waals surface area contributed by atoms with Crippen LogP contribution in [0, 0.1) is 21.4 Å². The number of nitriles is 1. The molecule has 5 nitrogen and oxygen atoms in total. The average Bonchev–Trinajstić information content (AvgIpc) is 2.47. The normalized spacial score (nSPS) is 10.8. The first-order valence-electron chi connectivity index (χ1n) is 5.85. The average molecular weight is 308 g/mol. The van der Waals surface area contributed by atoms with Crippen LogP contribution in [-0.2, 0) is 6.18 Å². The van der Waals surface area contributed by atoms with Gasteiger partial charge in [-0.15, -0.1) is 0 Å². The molecule has 2 rings (SSSR count). The van der Waals surface area contributed by atoms with Crippen molar-refractivity contribution in [3.63, 3.8) is 0 Å². The van der Waals surface area contributed by atoms with Crippen LogP contribution in [0.5, 0.6) is 11.5 Å². The van der Waals surface area contributed by atoms with E-state index in [-0.39, 0.29) is 11.5 Å². The fourth-order valence-corrected chi connectivity index (χ4v) is 1.65. The van der Waals surface area contributed by atoms with Gasteiger partial charge >= 0.3 is 11.9 Å². The molecule has 0 saturated heterocycles. The molecule has 0 amide bonds. The number of hydrogen-bond acceptors (Lipinski definition) is 4. The van der Waals surface area contributed by atoms with Crippen molar-refractivity contribution >= 4 is 5.69 Å². The summed E-state index contributed by atoms with van der Waals surface area (Å²) in [5, 5.41) is 19.6. The number of hydrogen-bond donors (Lipinski definition) is 0. The Morgan fingerprint density at radius 3 is 2.27 bits per heavy atom. The molecule has 0 aromatic heterocycles. The Balaban J connectivity index is 2.38. The molecule has 112 valence electrons. The lowest BCUT2D eigenvalue weighted by Crippen LogP contribution is -2.06. The Labute approximate surface area is 122 Å². The highest BCUT2D eigenvalue weighted by Gasteiger charge is 2.33. The summed E-state index contributed by atoms with van der Waals surface area (Å²) >= 11 is 0. The van der Waals surface area contributed by atoms with Crippen molar-refractivity contribution in [3.05, 3.63) is 63.7 Å². The minimum atomic E-state index is -4.68. The van der Waals surface area contributed by atoms with Crippen molar-refractivity contribution in [2.24, 2.45) is 0 Å². The van der Waals surface area contributed by atoms with Crippen LogP contribution in [0.15, 0.2) is 42.5 Å². The number of nitrogens with zero attached hydrogens (tertiary/aromatic N) is 2. The number of nitro groups is 1. The molecule has 0 fully saturated rings. The van der Waals surface area contributed by atoms with E-state index >= 15 is 0 Å². The summed E-state index contributed by atoms with van der Waals surface area (Å²) < 4.78 is 43.0. The smallest absolute Gasteiger partial charge is 0.416 e. The molecule has 0 spiro atoms. The third kappa shape index (κ3) is 3.32. The van der Waals surface area contributed by atoms with Gasteiger partial charge in [-0.1, -0.05) is 0 Å². The SMILES string of the molecule is N#Cc1ccc(Oc2ccc(C(F)(F)F)cc2[N+](=O)[O-])cc1. The van der Waals surface area contributed by atoms with E-state index in [0.29, 0.717) is 17.7 Å². The molecule has 0 heterocycles. The quantitative estimate of drug-likeness (QED) is 0.626. The number of benzene rings is 2. The highest BCUT2D eigenvalue weighted by atomic mass is 19.4. The van der Waals surface area contributed by atoms with Gasteiger partial charge in [-0.3, -0.25) is 10.1 Å². The van der Waals surface area contributed by atoms with Gasteiger partial charge in [0.05, 0.1) is 22.1 Å². The zero-order valence-electron chi connectivity index (χ0n) is 10.8. The van der Waals surface area contributed by atoms with Crippen molar-refractivity contribution in [2.45, 2.75) is 6.18 Å². The van der Waals surface area contributed by atoms with Crippen LogP contribution in [0.1, 0.15) is 11.1 Å². The second kappa shape index (κ2) is 5.73. The Kier molecular flexibility index (Phi) is 3.99. The van der Waals surface area contributed by atoms with Gasteiger partial charge in [-0.05, 0) is 36.4 Å². The molecule has 0 aliphatic heterocycles. The summed E-state index contributed by atoms with van der Waals surface area (Å²) in [6.07, 6.45) is -4.68. The third-order valence-electron chi connectivity index (χ3n) is 2.69. The van der Waals surface area contributed by atoms with Gasteiger partial charge in [0, 0.05) is 6.07 Å². The zero-order chi connectivity index (χ0) is 16.3. The first-order valence-corrected chi connectivity index (χ1v) is 5.85. The number of rotatable bonds is 3. The van der Waals surface area contributed by atoms with Gasteiger partial charge in [-0.2, -0.15) is 18.4 Å². The number of ether oxygens (including phenoxy) is 1. The maximum Gasteiger partial charge on any atom is 0.416 e. The van der Waals surface area contributed by atoms with Gasteiger partial charge in [0.2, 0.25) is 5.75 Å². The highest BCUT2D eigenvalue weighted by molar-refractivity contribution is 5.51. The fourth-order valence-electron chi connectivity index (χ4n) is 1.65. The van der Waals surface area contributed by atoms with E-state index in [0.717, 1.165) is 6.07 Å². The number of nitro benzene ring substituents is 1. The Hall–Kier alpha value is -3.08. The molecule has 0 radical (unpaired) electrons. The van der Waals surface area contributed by atoms with Crippen LogP contribution in [0.4, 0.5) is 18.9 Å². The molecule has 0 atom stereocenters. The van der Waals surface area contributed by atoms with Gasteiger partial charge < -0.3 is 4.74 Å². The van der Waals surface area contributed by atoms with E-state index in [1.54, 1.807) is 0 Å². The molecule has 22 heavy (non-hydrogen) atoms. The molecule has 8 heteroatoms. The predicted octanol–water partition coefficient (Wildman–Crippen LogP) is 4.28. The summed E-state index contributed by atoms with van der Waals surface area (Å²) in [6, 6.07) is 9.51. The van der Waals surface area contributed by atoms with Crippen molar-refractivity contribution < 1.29 is 22.8 Å². The largest absolute Gasteiger partial charge is 0.450 e. The second-order valence-electron chi connectivity index (χ2n) is 4.18. The molecule has 0 N–H and O–H groups in total. The van der Waals surface area contributed by atoms with E-state index in [1.165, 1.54) is 24.3 Å². The van der Waals surface area contributed by atoms with E-state index in [9.17, 15) is 23.3 Å². The predicted molar refractivity (Wildman–Crippen MR) is 69.3 cm³/mol. The van der Waals surface area contributed by atoms with Crippen molar-refractivity contribution in [2.75, 3.05) is 0 Å². The Bertz CT molecular complexity index is 749. The molecule has 0 unspecified atom stereocenters. The summed E-state index contributed by atoms with van der Waals surface area (Å²) in [5.74, 6) is -0.149. The van der Waals surface area contributed by atoms with E-state index in [2.05, 4.69) is 0 Å². The Morgan fingerprint density at radius 2 is 1.77 bits per heavy atom. The van der Waals surface area contributed by atoms with Gasteiger partial charge in [-0.25, -0.2) is 0 Å². The highest BCUT2D eigenvalue weighted by Crippen LogP contribution is 2.37. The standard InChI is InChI=1S/C14H7F3N2O3/c15-14(16,17)10-3-6-13(12(7-10)19(20)21)22-11-4-1-9(8-18)2-5-11/h1-7H. The first-order chi connectivity index (χ1) is 10.3. The van der Waals surface area contributed by atoms with Gasteiger partial charge in [0.15, 0.2) is 0 Å².